The molecule has 1 amide bonds. The van der Waals surface area contributed by atoms with Crippen LogP contribution in [0.4, 0.5) is 10.5 Å². The summed E-state index contributed by atoms with van der Waals surface area (Å²) in [6.45, 7) is 1.79. The maximum atomic E-state index is 11.9. The molecular weight excluding hydrogens is 270 g/mol. The predicted octanol–water partition coefficient (Wildman–Crippen LogP) is 2.10. The zero-order valence-electron chi connectivity index (χ0n) is 11.9. The van der Waals surface area contributed by atoms with E-state index in [1.54, 1.807) is 12.0 Å². The van der Waals surface area contributed by atoms with Gasteiger partial charge < -0.3 is 14.8 Å². The Morgan fingerprint density at radius 2 is 2.43 bits per heavy atom. The topological polar surface area (TPSA) is 74.6 Å². The summed E-state index contributed by atoms with van der Waals surface area (Å²) in [5, 5.41) is 12.2. The monoisotopic (exact) mass is 287 g/mol. The van der Waals surface area contributed by atoms with E-state index in [0.29, 0.717) is 31.9 Å². The van der Waals surface area contributed by atoms with Crippen molar-refractivity contribution in [3.63, 3.8) is 0 Å². The number of amides is 1. The first-order valence-electron chi connectivity index (χ1n) is 7.00. The van der Waals surface area contributed by atoms with Crippen LogP contribution < -0.4 is 15.0 Å². The van der Waals surface area contributed by atoms with Gasteiger partial charge in [-0.05, 0) is 29.7 Å². The molecule has 3 rings (SSSR count). The molecule has 0 unspecified atom stereocenters. The average molecular weight is 287 g/mol. The van der Waals surface area contributed by atoms with Gasteiger partial charge in [-0.15, -0.1) is 0 Å². The number of hydrogen-bond acceptors (Lipinski definition) is 5. The molecule has 2 aliphatic rings. The first-order valence-corrected chi connectivity index (χ1v) is 7.00. The molecule has 1 N–H and O–H groups in total. The van der Waals surface area contributed by atoms with Crippen LogP contribution >= 0.6 is 0 Å². The Balaban J connectivity index is 1.99. The molecule has 0 radical (unpaired) electrons. The minimum atomic E-state index is -0.334. The van der Waals surface area contributed by atoms with Crippen LogP contribution in [0.5, 0.6) is 5.75 Å². The van der Waals surface area contributed by atoms with Crippen molar-refractivity contribution in [2.45, 2.75) is 25.4 Å². The largest absolute Gasteiger partial charge is 0.495 e. The van der Waals surface area contributed by atoms with E-state index in [1.807, 2.05) is 12.1 Å². The van der Waals surface area contributed by atoms with E-state index >= 15 is 0 Å². The first kappa shape index (κ1) is 13.7. The first-order chi connectivity index (χ1) is 10.2. The maximum absolute atomic E-state index is 11.9. The number of cyclic esters (lactones) is 1. The van der Waals surface area contributed by atoms with Crippen LogP contribution in [0.25, 0.3) is 0 Å². The number of methoxy groups -OCH3 is 1. The average Bonchev–Trinajstić information content (AvgIpc) is 2.89. The van der Waals surface area contributed by atoms with Gasteiger partial charge in [0, 0.05) is 19.1 Å². The van der Waals surface area contributed by atoms with Gasteiger partial charge in [-0.25, -0.2) is 4.79 Å². The summed E-state index contributed by atoms with van der Waals surface area (Å²) >= 11 is 0. The predicted molar refractivity (Wildman–Crippen MR) is 76.1 cm³/mol. The Bertz CT molecular complexity index is 609. The van der Waals surface area contributed by atoms with Crippen LogP contribution in [-0.4, -0.2) is 26.4 Å². The van der Waals surface area contributed by atoms with Crippen molar-refractivity contribution in [3.8, 4) is 11.8 Å². The molecule has 110 valence electrons. The van der Waals surface area contributed by atoms with Crippen LogP contribution in [0.2, 0.25) is 0 Å². The van der Waals surface area contributed by atoms with Gasteiger partial charge >= 0.3 is 6.09 Å². The number of carbonyl (C=O) groups is 1. The van der Waals surface area contributed by atoms with Crippen LogP contribution in [-0.2, 0) is 11.3 Å². The molecule has 6 heteroatoms. The summed E-state index contributed by atoms with van der Waals surface area (Å²) in [4.78, 5) is 13.5. The zero-order chi connectivity index (χ0) is 14.8. The Morgan fingerprint density at radius 3 is 3.14 bits per heavy atom. The second-order valence-corrected chi connectivity index (χ2v) is 5.14. The van der Waals surface area contributed by atoms with Crippen molar-refractivity contribution in [2.24, 2.45) is 0 Å². The molecule has 1 atom stereocenters. The van der Waals surface area contributed by atoms with Gasteiger partial charge in [0.2, 0.25) is 0 Å². The zero-order valence-corrected chi connectivity index (χ0v) is 11.9. The van der Waals surface area contributed by atoms with Crippen molar-refractivity contribution in [2.75, 3.05) is 25.2 Å². The number of nitrogens with one attached hydrogen (secondary N) is 1. The van der Waals surface area contributed by atoms with Crippen molar-refractivity contribution in [1.29, 1.82) is 5.26 Å². The molecule has 1 fully saturated rings. The third-order valence-corrected chi connectivity index (χ3v) is 3.91. The number of benzene rings is 1. The lowest BCUT2D eigenvalue weighted by Crippen LogP contribution is -2.38. The van der Waals surface area contributed by atoms with Gasteiger partial charge in [0.25, 0.3) is 0 Å². The van der Waals surface area contributed by atoms with Gasteiger partial charge in [0.05, 0.1) is 31.9 Å². The molecule has 21 heavy (non-hydrogen) atoms. The summed E-state index contributed by atoms with van der Waals surface area (Å²) in [6.07, 6.45) is 0.891. The van der Waals surface area contributed by atoms with E-state index in [1.165, 1.54) is 0 Å². The van der Waals surface area contributed by atoms with Gasteiger partial charge in [-0.1, -0.05) is 0 Å². The molecule has 0 saturated carbocycles. The fourth-order valence-corrected chi connectivity index (χ4v) is 2.87. The lowest BCUT2D eigenvalue weighted by molar-refractivity contribution is 0.140. The van der Waals surface area contributed by atoms with Crippen LogP contribution in [0, 0.1) is 11.3 Å². The molecule has 0 bridgehead atoms. The molecule has 0 spiro atoms. The fraction of sp³-hybridized carbons (Fsp3) is 0.467. The van der Waals surface area contributed by atoms with E-state index < -0.39 is 0 Å². The summed E-state index contributed by atoms with van der Waals surface area (Å²) in [7, 11) is 1.59. The highest BCUT2D eigenvalue weighted by Gasteiger charge is 2.29. The molecule has 0 aliphatic carbocycles. The fourth-order valence-electron chi connectivity index (χ4n) is 2.87. The number of carbonyl (C=O) groups excluding carboxylic acids is 1. The van der Waals surface area contributed by atoms with E-state index in [0.717, 1.165) is 23.2 Å². The summed E-state index contributed by atoms with van der Waals surface area (Å²) in [6, 6.07) is 6.10. The Hall–Kier alpha value is -2.26. The van der Waals surface area contributed by atoms with Gasteiger partial charge in [-0.2, -0.15) is 5.26 Å². The lowest BCUT2D eigenvalue weighted by atomic mass is 10.0. The lowest BCUT2D eigenvalue weighted by Gasteiger charge is -2.28. The van der Waals surface area contributed by atoms with E-state index in [9.17, 15) is 4.79 Å². The van der Waals surface area contributed by atoms with Crippen molar-refractivity contribution < 1.29 is 14.3 Å². The second-order valence-electron chi connectivity index (χ2n) is 5.14. The minimum Gasteiger partial charge on any atom is -0.495 e. The van der Waals surface area contributed by atoms with Crippen molar-refractivity contribution in [3.05, 3.63) is 23.3 Å². The molecular formula is C15H17N3O3. The SMILES string of the molecule is COc1cc2c(cc1N1CCCOC1=O)CN[C@@H]2CC#N. The van der Waals surface area contributed by atoms with Crippen LogP contribution in [0.1, 0.15) is 30.0 Å². The van der Waals surface area contributed by atoms with Crippen LogP contribution in [0.3, 0.4) is 0 Å². The second kappa shape index (κ2) is 5.62. The van der Waals surface area contributed by atoms with Crippen molar-refractivity contribution in [1.82, 2.24) is 5.32 Å². The molecule has 1 saturated heterocycles. The molecule has 2 aliphatic heterocycles. The Kier molecular flexibility index (Phi) is 3.67. The molecule has 1 aromatic carbocycles. The van der Waals surface area contributed by atoms with E-state index in [-0.39, 0.29) is 12.1 Å². The molecule has 6 nitrogen and oxygen atoms in total. The highest BCUT2D eigenvalue weighted by atomic mass is 16.6. The standard InChI is InChI=1S/C15H17N3O3/c1-20-14-8-11-10(9-17-12(11)3-4-16)7-13(14)18-5-2-6-21-15(18)19/h7-8,12,17H,2-3,5-6,9H2,1H3/t12-/m1/s1. The number of hydrogen-bond donors (Lipinski definition) is 1. The summed E-state index contributed by atoms with van der Waals surface area (Å²) in [5.41, 5.74) is 2.91. The van der Waals surface area contributed by atoms with Gasteiger partial charge in [-0.3, -0.25) is 4.90 Å². The van der Waals surface area contributed by atoms with Gasteiger partial charge in [0.15, 0.2) is 0 Å². The summed E-state index contributed by atoms with van der Waals surface area (Å²) < 4.78 is 10.5. The smallest absolute Gasteiger partial charge is 0.414 e. The number of fused-ring (bicyclic) bond motifs is 1. The normalized spacial score (nSPS) is 20.7. The number of nitriles is 1. The summed E-state index contributed by atoms with van der Waals surface area (Å²) in [5.74, 6) is 0.638. The molecule has 2 heterocycles. The third kappa shape index (κ3) is 2.41. The number of ether oxygens (including phenoxy) is 2. The third-order valence-electron chi connectivity index (χ3n) is 3.91. The number of anilines is 1. The number of rotatable bonds is 3. The van der Waals surface area contributed by atoms with Gasteiger partial charge in [0.1, 0.15) is 5.75 Å². The van der Waals surface area contributed by atoms with Crippen molar-refractivity contribution >= 4 is 11.8 Å². The number of nitrogens with zero attached hydrogens (tertiary/aromatic N) is 2. The molecule has 0 aromatic heterocycles. The highest BCUT2D eigenvalue weighted by Crippen LogP contribution is 2.38. The van der Waals surface area contributed by atoms with E-state index in [4.69, 9.17) is 14.7 Å². The van der Waals surface area contributed by atoms with Crippen LogP contribution in [0.15, 0.2) is 12.1 Å². The Morgan fingerprint density at radius 1 is 1.57 bits per heavy atom. The molecule has 1 aromatic rings. The highest BCUT2D eigenvalue weighted by molar-refractivity contribution is 5.90. The quantitative estimate of drug-likeness (QED) is 0.921. The Labute approximate surface area is 123 Å². The minimum absolute atomic E-state index is 0.0289. The maximum Gasteiger partial charge on any atom is 0.414 e. The van der Waals surface area contributed by atoms with E-state index in [2.05, 4.69) is 11.4 Å².